The van der Waals surface area contributed by atoms with Gasteiger partial charge in [0.25, 0.3) is 0 Å². The summed E-state index contributed by atoms with van der Waals surface area (Å²) in [7, 11) is 0.776. The molecule has 0 radical (unpaired) electrons. The highest BCUT2D eigenvalue weighted by Crippen LogP contribution is 2.01. The first-order valence-electron chi connectivity index (χ1n) is 3.77. The Morgan fingerprint density at radius 3 is 2.25 bits per heavy atom. The molecule has 0 amide bonds. The fraction of sp³-hybridized carbons (Fsp3) is 1.00. The smallest absolute Gasteiger partial charge is 0.0221 e. The Morgan fingerprint density at radius 2 is 1.88 bits per heavy atom. The molecule has 0 unspecified atom stereocenters. The van der Waals surface area contributed by atoms with Gasteiger partial charge >= 0.3 is 0 Å². The fourth-order valence-corrected chi connectivity index (χ4v) is 4.77. The highest BCUT2D eigenvalue weighted by atomic mass is 28.2. The van der Waals surface area contributed by atoms with Gasteiger partial charge in [-0.3, -0.25) is 0 Å². The van der Waals surface area contributed by atoms with E-state index in [0.717, 1.165) is 5.54 Å². The van der Waals surface area contributed by atoms with E-state index in [1.165, 1.54) is 0 Å². The van der Waals surface area contributed by atoms with E-state index in [-0.39, 0.29) is 0 Å². The molecule has 0 aliphatic rings. The molecule has 0 atom stereocenters. The Labute approximate surface area is 57.7 Å². The van der Waals surface area contributed by atoms with Gasteiger partial charge in [-0.15, -0.1) is 0 Å². The molecule has 0 spiro atoms. The molecule has 0 N–H and O–H groups in total. The van der Waals surface area contributed by atoms with E-state index >= 15 is 0 Å². The highest BCUT2D eigenvalue weighted by Gasteiger charge is 1.92. The van der Waals surface area contributed by atoms with Crippen LogP contribution in [0.15, 0.2) is 0 Å². The van der Waals surface area contributed by atoms with Crippen molar-refractivity contribution in [3.05, 3.63) is 0 Å². The molecule has 0 saturated carbocycles. The first-order valence-corrected chi connectivity index (χ1v) is 8.00. The molecule has 0 aliphatic carbocycles. The molecule has 2 heteroatoms. The van der Waals surface area contributed by atoms with Crippen molar-refractivity contribution in [3.8, 4) is 0 Å². The lowest BCUT2D eigenvalue weighted by atomic mass is 10.6. The second kappa shape index (κ2) is 5.57. The Hall–Kier alpha value is 0.434. The van der Waals surface area contributed by atoms with Crippen molar-refractivity contribution in [2.24, 2.45) is 0 Å². The normalized spacial score (nSPS) is 13.5. The van der Waals surface area contributed by atoms with Gasteiger partial charge in [0.05, 0.1) is 0 Å². The molecule has 8 heavy (non-hydrogen) atoms. The minimum atomic E-state index is 0.370. The lowest BCUT2D eigenvalue weighted by Gasteiger charge is -1.99. The van der Waals surface area contributed by atoms with Crippen molar-refractivity contribution in [2.45, 2.75) is 38.0 Å². The lowest BCUT2D eigenvalue weighted by Crippen LogP contribution is -1.94. The maximum atomic E-state index is 2.41. The molecule has 0 aromatic carbocycles. The molecule has 0 aromatic rings. The zero-order valence-corrected chi connectivity index (χ0v) is 9.23. The SMILES string of the molecule is C[SiH2]CC[SiH2]C(C)C. The van der Waals surface area contributed by atoms with Gasteiger partial charge in [-0.1, -0.05) is 38.0 Å². The Kier molecular flexibility index (Phi) is 5.87. The molecule has 0 nitrogen and oxygen atoms in total. The largest absolute Gasteiger partial charge is 0.0748 e. The summed E-state index contributed by atoms with van der Waals surface area (Å²) in [5.41, 5.74) is 1.07. The predicted octanol–water partition coefficient (Wildman–Crippen LogP) is 1.04. The second-order valence-electron chi connectivity index (χ2n) is 2.89. The Balaban J connectivity index is 2.72. The van der Waals surface area contributed by atoms with Crippen LogP contribution in [0.4, 0.5) is 0 Å². The van der Waals surface area contributed by atoms with Crippen molar-refractivity contribution < 1.29 is 0 Å². The van der Waals surface area contributed by atoms with Crippen LogP contribution in [0, 0.1) is 0 Å². The van der Waals surface area contributed by atoms with Gasteiger partial charge in [0.15, 0.2) is 0 Å². The molecular weight excluding hydrogens is 128 g/mol. The highest BCUT2D eigenvalue weighted by molar-refractivity contribution is 6.42. The third-order valence-corrected chi connectivity index (χ3v) is 5.66. The van der Waals surface area contributed by atoms with Gasteiger partial charge in [-0.2, -0.15) is 0 Å². The van der Waals surface area contributed by atoms with Crippen LogP contribution >= 0.6 is 0 Å². The van der Waals surface area contributed by atoms with Crippen LogP contribution in [-0.2, 0) is 0 Å². The summed E-state index contributed by atoms with van der Waals surface area (Å²) in [5.74, 6) is 0. The van der Waals surface area contributed by atoms with Crippen molar-refractivity contribution in [3.63, 3.8) is 0 Å². The standard InChI is InChI=1S/C6H18Si2/c1-6(2)8-5-4-7-3/h6H,4-5,7-8H2,1-3H3. The van der Waals surface area contributed by atoms with Crippen molar-refractivity contribution in [1.82, 2.24) is 0 Å². The summed E-state index contributed by atoms with van der Waals surface area (Å²) in [6, 6.07) is 3.24. The first-order chi connectivity index (χ1) is 3.77. The van der Waals surface area contributed by atoms with Gasteiger partial charge in [0.2, 0.25) is 0 Å². The first kappa shape index (κ1) is 8.43. The average molecular weight is 146 g/mol. The van der Waals surface area contributed by atoms with E-state index in [2.05, 4.69) is 20.4 Å². The molecule has 0 aromatic heterocycles. The van der Waals surface area contributed by atoms with Crippen LogP contribution < -0.4 is 0 Å². The zero-order valence-electron chi connectivity index (χ0n) is 6.41. The monoisotopic (exact) mass is 146 g/mol. The van der Waals surface area contributed by atoms with E-state index in [1.54, 1.807) is 12.1 Å². The van der Waals surface area contributed by atoms with Gasteiger partial charge in [0.1, 0.15) is 0 Å². The fourth-order valence-electron chi connectivity index (χ4n) is 0.803. The number of hydrogen-bond acceptors (Lipinski definition) is 0. The van der Waals surface area contributed by atoms with E-state index in [9.17, 15) is 0 Å². The Morgan fingerprint density at radius 1 is 1.25 bits per heavy atom. The van der Waals surface area contributed by atoms with E-state index in [0.29, 0.717) is 19.0 Å². The molecular formula is C6H18Si2. The molecule has 0 bridgehead atoms. The predicted molar refractivity (Wildman–Crippen MR) is 47.7 cm³/mol. The van der Waals surface area contributed by atoms with Gasteiger partial charge < -0.3 is 0 Å². The maximum Gasteiger partial charge on any atom is 0.0221 e. The lowest BCUT2D eigenvalue weighted by molar-refractivity contribution is 1.05. The molecule has 0 aliphatic heterocycles. The third kappa shape index (κ3) is 6.43. The van der Waals surface area contributed by atoms with Crippen LogP contribution in [-0.4, -0.2) is 19.0 Å². The summed E-state index contributed by atoms with van der Waals surface area (Å²) in [4.78, 5) is 0. The summed E-state index contributed by atoms with van der Waals surface area (Å²) >= 11 is 0. The minimum Gasteiger partial charge on any atom is -0.0748 e. The van der Waals surface area contributed by atoms with Crippen molar-refractivity contribution in [2.75, 3.05) is 0 Å². The van der Waals surface area contributed by atoms with Crippen LogP contribution in [0.1, 0.15) is 13.8 Å². The summed E-state index contributed by atoms with van der Waals surface area (Å²) in [6.07, 6.45) is 0. The molecule has 0 fully saturated rings. The van der Waals surface area contributed by atoms with Crippen LogP contribution in [0.2, 0.25) is 24.2 Å². The van der Waals surface area contributed by atoms with E-state index < -0.39 is 0 Å². The summed E-state index contributed by atoms with van der Waals surface area (Å²) < 4.78 is 0. The summed E-state index contributed by atoms with van der Waals surface area (Å²) in [6.45, 7) is 7.14. The number of rotatable bonds is 4. The second-order valence-corrected chi connectivity index (χ2v) is 7.51. The third-order valence-electron chi connectivity index (χ3n) is 1.39. The Bertz CT molecular complexity index is 43.8. The minimum absolute atomic E-state index is 0.370. The van der Waals surface area contributed by atoms with Gasteiger partial charge in [0, 0.05) is 19.0 Å². The summed E-state index contributed by atoms with van der Waals surface area (Å²) in [5, 5.41) is 0. The van der Waals surface area contributed by atoms with E-state index in [4.69, 9.17) is 0 Å². The number of hydrogen-bond donors (Lipinski definition) is 0. The maximum absolute atomic E-state index is 2.41. The molecule has 0 saturated heterocycles. The molecule has 50 valence electrons. The van der Waals surface area contributed by atoms with Gasteiger partial charge in [-0.05, 0) is 0 Å². The van der Waals surface area contributed by atoms with Crippen LogP contribution in [0.5, 0.6) is 0 Å². The van der Waals surface area contributed by atoms with Gasteiger partial charge in [-0.25, -0.2) is 0 Å². The molecule has 0 heterocycles. The topological polar surface area (TPSA) is 0 Å². The van der Waals surface area contributed by atoms with Crippen LogP contribution in [0.3, 0.4) is 0 Å². The average Bonchev–Trinajstić information content (AvgIpc) is 1.66. The molecule has 0 rings (SSSR count). The van der Waals surface area contributed by atoms with Crippen LogP contribution in [0.25, 0.3) is 0 Å². The van der Waals surface area contributed by atoms with E-state index in [1.807, 2.05) is 0 Å². The quantitative estimate of drug-likeness (QED) is 0.411. The van der Waals surface area contributed by atoms with Crippen molar-refractivity contribution in [1.29, 1.82) is 0 Å². The van der Waals surface area contributed by atoms with Crippen molar-refractivity contribution >= 4 is 19.0 Å². The zero-order chi connectivity index (χ0) is 6.41.